The van der Waals surface area contributed by atoms with Gasteiger partial charge in [0.25, 0.3) is 0 Å². The quantitative estimate of drug-likeness (QED) is 0.849. The summed E-state index contributed by atoms with van der Waals surface area (Å²) in [6.07, 6.45) is 0. The van der Waals surface area contributed by atoms with Crippen LogP contribution in [0.2, 0.25) is 5.02 Å². The van der Waals surface area contributed by atoms with Gasteiger partial charge in [0.15, 0.2) is 0 Å². The lowest BCUT2D eigenvalue weighted by atomic mass is 9.75. The Morgan fingerprint density at radius 1 is 1.21 bits per heavy atom. The average molecular weight is 286 g/mol. The summed E-state index contributed by atoms with van der Waals surface area (Å²) in [5, 5.41) is 0.280. The van der Waals surface area contributed by atoms with Crippen LogP contribution >= 0.6 is 11.6 Å². The van der Waals surface area contributed by atoms with Gasteiger partial charge in [0, 0.05) is 5.02 Å². The number of halogens is 2. The molecule has 2 rings (SSSR count). The zero-order valence-corrected chi connectivity index (χ0v) is 12.3. The Hall–Kier alpha value is -0.615. The van der Waals surface area contributed by atoms with Crippen LogP contribution in [0.1, 0.15) is 39.2 Å². The van der Waals surface area contributed by atoms with E-state index in [0.29, 0.717) is 5.56 Å². The molecular weight excluding hydrogens is 267 g/mol. The predicted molar refractivity (Wildman–Crippen MR) is 74.4 cm³/mol. The molecule has 0 bridgehead atoms. The van der Waals surface area contributed by atoms with Gasteiger partial charge in [-0.1, -0.05) is 17.7 Å². The Labute approximate surface area is 118 Å². The number of nitrogens with two attached hydrogens (primary N) is 1. The van der Waals surface area contributed by atoms with Crippen molar-refractivity contribution >= 4 is 18.7 Å². The van der Waals surface area contributed by atoms with Gasteiger partial charge in [0.1, 0.15) is 5.82 Å². The summed E-state index contributed by atoms with van der Waals surface area (Å²) >= 11 is 6.01. The average Bonchev–Trinajstić information content (AvgIpc) is 2.47. The zero-order valence-electron chi connectivity index (χ0n) is 11.5. The van der Waals surface area contributed by atoms with Crippen LogP contribution in [0.3, 0.4) is 0 Å². The van der Waals surface area contributed by atoms with Crippen LogP contribution in [0.5, 0.6) is 0 Å². The Kier molecular flexibility index (Phi) is 3.69. The molecule has 0 aromatic heterocycles. The molecule has 0 aliphatic carbocycles. The minimum atomic E-state index is -0.604. The molecule has 0 spiro atoms. The molecule has 1 aliphatic rings. The van der Waals surface area contributed by atoms with Crippen LogP contribution in [0, 0.1) is 5.82 Å². The number of hydrogen-bond donors (Lipinski definition) is 1. The predicted octanol–water partition coefficient (Wildman–Crippen LogP) is 3.11. The number of benzene rings is 1. The van der Waals surface area contributed by atoms with Gasteiger partial charge < -0.3 is 15.0 Å². The largest absolute Gasteiger partial charge is 0.480 e. The molecule has 104 valence electrons. The van der Waals surface area contributed by atoms with Gasteiger partial charge in [-0.25, -0.2) is 4.39 Å². The Balaban J connectivity index is 2.24. The normalized spacial score (nSPS) is 22.6. The first-order valence-corrected chi connectivity index (χ1v) is 6.58. The van der Waals surface area contributed by atoms with E-state index in [1.807, 2.05) is 27.7 Å². The van der Waals surface area contributed by atoms with Gasteiger partial charge in [-0.2, -0.15) is 0 Å². The summed E-state index contributed by atoms with van der Waals surface area (Å²) in [6.45, 7) is 7.80. The second kappa shape index (κ2) is 4.74. The van der Waals surface area contributed by atoms with E-state index in [4.69, 9.17) is 26.6 Å². The van der Waals surface area contributed by atoms with Crippen molar-refractivity contribution < 1.29 is 13.7 Å². The molecule has 0 unspecified atom stereocenters. The molecule has 1 aromatic carbocycles. The molecule has 0 radical (unpaired) electrons. The Morgan fingerprint density at radius 3 is 2.21 bits per heavy atom. The van der Waals surface area contributed by atoms with E-state index in [-0.39, 0.29) is 5.02 Å². The highest BCUT2D eigenvalue weighted by atomic mass is 35.5. The van der Waals surface area contributed by atoms with Crippen molar-refractivity contribution in [3.05, 3.63) is 34.6 Å². The molecule has 1 heterocycles. The molecule has 1 atom stereocenters. The third kappa shape index (κ3) is 2.65. The fourth-order valence-corrected chi connectivity index (χ4v) is 2.25. The third-order valence-corrected chi connectivity index (χ3v) is 4.21. The van der Waals surface area contributed by atoms with Crippen molar-refractivity contribution in [3.63, 3.8) is 0 Å². The maximum Gasteiger partial charge on any atom is 0.480 e. The van der Waals surface area contributed by atoms with Gasteiger partial charge in [0.05, 0.1) is 17.1 Å². The standard InChI is InChI=1S/C13H18BClFNO2/c1-12(2)13(3,4)19-14(18-12)11(17)9-6-5-8(16)7-10(9)15/h5-7,11H,17H2,1-4H3/t11-/m0/s1. The van der Waals surface area contributed by atoms with Crippen molar-refractivity contribution in [2.75, 3.05) is 0 Å². The Morgan fingerprint density at radius 2 is 1.74 bits per heavy atom. The van der Waals surface area contributed by atoms with E-state index in [1.165, 1.54) is 12.1 Å². The second-order valence-electron chi connectivity index (χ2n) is 5.82. The maximum atomic E-state index is 13.0. The van der Waals surface area contributed by atoms with Crippen molar-refractivity contribution in [1.82, 2.24) is 0 Å². The number of hydrogen-bond acceptors (Lipinski definition) is 3. The molecule has 3 nitrogen and oxygen atoms in total. The molecule has 1 fully saturated rings. The van der Waals surface area contributed by atoms with Gasteiger partial charge in [-0.15, -0.1) is 0 Å². The highest BCUT2D eigenvalue weighted by Gasteiger charge is 2.53. The minimum absolute atomic E-state index is 0.280. The fraction of sp³-hybridized carbons (Fsp3) is 0.538. The topological polar surface area (TPSA) is 44.5 Å². The minimum Gasteiger partial charge on any atom is -0.402 e. The molecular formula is C13H18BClFNO2. The third-order valence-electron chi connectivity index (χ3n) is 3.89. The van der Waals surface area contributed by atoms with E-state index < -0.39 is 30.1 Å². The smallest absolute Gasteiger partial charge is 0.402 e. The molecule has 0 saturated carbocycles. The van der Waals surface area contributed by atoms with Gasteiger partial charge in [-0.3, -0.25) is 0 Å². The summed E-state index contributed by atoms with van der Waals surface area (Å²) in [4.78, 5) is 0. The maximum absolute atomic E-state index is 13.0. The fourth-order valence-electron chi connectivity index (χ4n) is 1.95. The van der Waals surface area contributed by atoms with Crippen LogP contribution < -0.4 is 5.73 Å². The molecule has 19 heavy (non-hydrogen) atoms. The van der Waals surface area contributed by atoms with E-state index in [1.54, 1.807) is 6.07 Å². The summed E-state index contributed by atoms with van der Waals surface area (Å²) in [5.41, 5.74) is 5.84. The van der Waals surface area contributed by atoms with Crippen LogP contribution in [-0.4, -0.2) is 18.3 Å². The van der Waals surface area contributed by atoms with Crippen molar-refractivity contribution in [2.24, 2.45) is 5.73 Å². The van der Waals surface area contributed by atoms with Gasteiger partial charge in [0.2, 0.25) is 0 Å². The van der Waals surface area contributed by atoms with Crippen LogP contribution in [-0.2, 0) is 9.31 Å². The van der Waals surface area contributed by atoms with Gasteiger partial charge >= 0.3 is 7.12 Å². The van der Waals surface area contributed by atoms with E-state index >= 15 is 0 Å². The lowest BCUT2D eigenvalue weighted by Crippen LogP contribution is -2.41. The molecule has 6 heteroatoms. The summed E-state index contributed by atoms with van der Waals surface area (Å²) < 4.78 is 24.8. The van der Waals surface area contributed by atoms with Crippen LogP contribution in [0.4, 0.5) is 4.39 Å². The Bertz CT molecular complexity index is 480. The highest BCUT2D eigenvalue weighted by Crippen LogP contribution is 2.40. The van der Waals surface area contributed by atoms with Crippen molar-refractivity contribution in [2.45, 2.75) is 44.8 Å². The van der Waals surface area contributed by atoms with E-state index in [9.17, 15) is 4.39 Å². The first kappa shape index (κ1) is 14.8. The van der Waals surface area contributed by atoms with Gasteiger partial charge in [-0.05, 0) is 45.4 Å². The van der Waals surface area contributed by atoms with E-state index in [0.717, 1.165) is 0 Å². The SMILES string of the molecule is CC1(C)OB([C@@H](N)c2ccc(F)cc2Cl)OC1(C)C. The first-order chi connectivity index (χ1) is 8.64. The molecule has 1 saturated heterocycles. The first-order valence-electron chi connectivity index (χ1n) is 6.20. The summed E-state index contributed by atoms with van der Waals surface area (Å²) in [5.74, 6) is -0.955. The van der Waals surface area contributed by atoms with Crippen LogP contribution in [0.25, 0.3) is 0 Å². The molecule has 1 aromatic rings. The lowest BCUT2D eigenvalue weighted by Gasteiger charge is -2.32. The van der Waals surface area contributed by atoms with Crippen molar-refractivity contribution in [3.8, 4) is 0 Å². The highest BCUT2D eigenvalue weighted by molar-refractivity contribution is 6.48. The zero-order chi connectivity index (χ0) is 14.4. The molecule has 2 N–H and O–H groups in total. The molecule has 0 amide bonds. The van der Waals surface area contributed by atoms with Crippen molar-refractivity contribution in [1.29, 1.82) is 0 Å². The number of rotatable bonds is 2. The monoisotopic (exact) mass is 285 g/mol. The lowest BCUT2D eigenvalue weighted by molar-refractivity contribution is 0.00578. The van der Waals surface area contributed by atoms with E-state index in [2.05, 4.69) is 0 Å². The second-order valence-corrected chi connectivity index (χ2v) is 6.22. The molecule has 1 aliphatic heterocycles. The summed E-state index contributed by atoms with van der Waals surface area (Å²) in [7, 11) is -0.604. The van der Waals surface area contributed by atoms with Crippen LogP contribution in [0.15, 0.2) is 18.2 Å². The summed E-state index contributed by atoms with van der Waals surface area (Å²) in [6, 6.07) is 4.13.